The number of nitrogens with one attached hydrogen (secondary N) is 1. The SMILES string of the molecule is CCNCc1cncc(N(CC(C)C)CC(C)C)n1. The van der Waals surface area contributed by atoms with Crippen LogP contribution in [0.2, 0.25) is 0 Å². The fraction of sp³-hybridized carbons (Fsp3) is 0.733. The van der Waals surface area contributed by atoms with Crippen LogP contribution in [0.3, 0.4) is 0 Å². The molecule has 0 aliphatic rings. The molecule has 108 valence electrons. The molecule has 0 spiro atoms. The van der Waals surface area contributed by atoms with E-state index in [1.807, 2.05) is 12.4 Å². The lowest BCUT2D eigenvalue weighted by molar-refractivity contribution is 0.547. The van der Waals surface area contributed by atoms with E-state index in [9.17, 15) is 0 Å². The minimum absolute atomic E-state index is 0.623. The average molecular weight is 264 g/mol. The van der Waals surface area contributed by atoms with Crippen LogP contribution in [-0.2, 0) is 6.54 Å². The number of aromatic nitrogens is 2. The highest BCUT2D eigenvalue weighted by Gasteiger charge is 2.12. The first kappa shape index (κ1) is 15.9. The second-order valence-corrected chi connectivity index (χ2v) is 5.84. The molecule has 1 rings (SSSR count). The van der Waals surface area contributed by atoms with Crippen LogP contribution >= 0.6 is 0 Å². The number of hydrogen-bond acceptors (Lipinski definition) is 4. The van der Waals surface area contributed by atoms with Gasteiger partial charge in [0, 0.05) is 25.8 Å². The fourth-order valence-electron chi connectivity index (χ4n) is 2.03. The minimum atomic E-state index is 0.623. The van der Waals surface area contributed by atoms with Gasteiger partial charge in [0.2, 0.25) is 0 Å². The van der Waals surface area contributed by atoms with Crippen molar-refractivity contribution < 1.29 is 0 Å². The molecule has 4 heteroatoms. The van der Waals surface area contributed by atoms with E-state index in [1.54, 1.807) is 0 Å². The van der Waals surface area contributed by atoms with Gasteiger partial charge in [0.05, 0.1) is 11.9 Å². The Morgan fingerprint density at radius 2 is 1.74 bits per heavy atom. The maximum Gasteiger partial charge on any atom is 0.147 e. The van der Waals surface area contributed by atoms with Gasteiger partial charge in [-0.2, -0.15) is 0 Å². The van der Waals surface area contributed by atoms with E-state index in [0.717, 1.165) is 37.7 Å². The first-order valence-corrected chi connectivity index (χ1v) is 7.29. The Morgan fingerprint density at radius 1 is 1.11 bits per heavy atom. The molecule has 0 fully saturated rings. The Hall–Kier alpha value is -1.16. The summed E-state index contributed by atoms with van der Waals surface area (Å²) in [5.41, 5.74) is 1.01. The summed E-state index contributed by atoms with van der Waals surface area (Å²) in [6.07, 6.45) is 3.72. The first-order chi connectivity index (χ1) is 9.02. The Bertz CT molecular complexity index is 353. The van der Waals surface area contributed by atoms with Crippen LogP contribution in [0.4, 0.5) is 5.82 Å². The third kappa shape index (κ3) is 6.01. The molecule has 0 atom stereocenters. The zero-order valence-corrected chi connectivity index (χ0v) is 13.0. The molecule has 19 heavy (non-hydrogen) atoms. The van der Waals surface area contributed by atoms with E-state index in [0.29, 0.717) is 11.8 Å². The smallest absolute Gasteiger partial charge is 0.147 e. The lowest BCUT2D eigenvalue weighted by Crippen LogP contribution is -2.32. The van der Waals surface area contributed by atoms with Crippen LogP contribution in [0.1, 0.15) is 40.3 Å². The van der Waals surface area contributed by atoms with Gasteiger partial charge in [-0.15, -0.1) is 0 Å². The summed E-state index contributed by atoms with van der Waals surface area (Å²) < 4.78 is 0. The van der Waals surface area contributed by atoms with Gasteiger partial charge in [0.25, 0.3) is 0 Å². The zero-order valence-electron chi connectivity index (χ0n) is 13.0. The molecule has 0 aromatic carbocycles. The lowest BCUT2D eigenvalue weighted by Gasteiger charge is -2.27. The van der Waals surface area contributed by atoms with E-state index in [4.69, 9.17) is 4.98 Å². The second-order valence-electron chi connectivity index (χ2n) is 5.84. The van der Waals surface area contributed by atoms with Gasteiger partial charge in [-0.05, 0) is 18.4 Å². The molecular weight excluding hydrogens is 236 g/mol. The quantitative estimate of drug-likeness (QED) is 0.784. The molecule has 1 aromatic rings. The number of hydrogen-bond donors (Lipinski definition) is 1. The van der Waals surface area contributed by atoms with Crippen molar-refractivity contribution in [1.82, 2.24) is 15.3 Å². The average Bonchev–Trinajstić information content (AvgIpc) is 2.35. The molecule has 1 N–H and O–H groups in total. The van der Waals surface area contributed by atoms with Crippen molar-refractivity contribution >= 4 is 5.82 Å². The second kappa shape index (κ2) is 8.10. The number of rotatable bonds is 8. The highest BCUT2D eigenvalue weighted by molar-refractivity contribution is 5.36. The summed E-state index contributed by atoms with van der Waals surface area (Å²) in [4.78, 5) is 11.4. The molecule has 0 saturated carbocycles. The molecule has 0 saturated heterocycles. The molecular formula is C15H28N4. The Balaban J connectivity index is 2.81. The number of anilines is 1. The molecule has 0 aliphatic carbocycles. The van der Waals surface area contributed by atoms with Crippen molar-refractivity contribution in [2.45, 2.75) is 41.2 Å². The van der Waals surface area contributed by atoms with Crippen molar-refractivity contribution in [3.8, 4) is 0 Å². The highest BCUT2D eigenvalue weighted by atomic mass is 15.2. The standard InChI is InChI=1S/C15H28N4/c1-6-16-7-14-8-17-9-15(18-14)19(10-12(2)3)11-13(4)5/h8-9,12-13,16H,6-7,10-11H2,1-5H3. The van der Waals surface area contributed by atoms with E-state index < -0.39 is 0 Å². The summed E-state index contributed by atoms with van der Waals surface area (Å²) in [5, 5.41) is 3.29. The van der Waals surface area contributed by atoms with Gasteiger partial charge < -0.3 is 10.2 Å². The van der Waals surface area contributed by atoms with Crippen LogP contribution in [0.25, 0.3) is 0 Å². The summed E-state index contributed by atoms with van der Waals surface area (Å²) in [7, 11) is 0. The third-order valence-electron chi connectivity index (χ3n) is 2.72. The molecule has 4 nitrogen and oxygen atoms in total. The third-order valence-corrected chi connectivity index (χ3v) is 2.72. The molecule has 0 bridgehead atoms. The monoisotopic (exact) mass is 264 g/mol. The topological polar surface area (TPSA) is 41.1 Å². The maximum atomic E-state index is 4.72. The minimum Gasteiger partial charge on any atom is -0.355 e. The van der Waals surface area contributed by atoms with Crippen LogP contribution < -0.4 is 10.2 Å². The van der Waals surface area contributed by atoms with Crippen molar-refractivity contribution in [3.05, 3.63) is 18.1 Å². The Kier molecular flexibility index (Phi) is 6.78. The molecule has 1 heterocycles. The van der Waals surface area contributed by atoms with E-state index in [2.05, 4.69) is 49.8 Å². The van der Waals surface area contributed by atoms with Gasteiger partial charge >= 0.3 is 0 Å². The predicted molar refractivity (Wildman–Crippen MR) is 81.3 cm³/mol. The summed E-state index contributed by atoms with van der Waals surface area (Å²) in [5.74, 6) is 2.24. The zero-order chi connectivity index (χ0) is 14.3. The van der Waals surface area contributed by atoms with E-state index in [1.165, 1.54) is 0 Å². The van der Waals surface area contributed by atoms with Gasteiger partial charge in [0.15, 0.2) is 0 Å². The van der Waals surface area contributed by atoms with Crippen molar-refractivity contribution in [1.29, 1.82) is 0 Å². The highest BCUT2D eigenvalue weighted by Crippen LogP contribution is 2.14. The van der Waals surface area contributed by atoms with Crippen LogP contribution in [0, 0.1) is 11.8 Å². The maximum absolute atomic E-state index is 4.72. The van der Waals surface area contributed by atoms with Crippen molar-refractivity contribution in [2.75, 3.05) is 24.5 Å². The van der Waals surface area contributed by atoms with E-state index in [-0.39, 0.29) is 0 Å². The fourth-order valence-corrected chi connectivity index (χ4v) is 2.03. The van der Waals surface area contributed by atoms with Gasteiger partial charge in [0.1, 0.15) is 5.82 Å². The summed E-state index contributed by atoms with van der Waals surface area (Å²) >= 11 is 0. The molecule has 0 aliphatic heterocycles. The van der Waals surface area contributed by atoms with Crippen LogP contribution in [0.5, 0.6) is 0 Å². The summed E-state index contributed by atoms with van der Waals surface area (Å²) in [6, 6.07) is 0. The summed E-state index contributed by atoms with van der Waals surface area (Å²) in [6.45, 7) is 14.8. The molecule has 0 unspecified atom stereocenters. The van der Waals surface area contributed by atoms with Crippen molar-refractivity contribution in [3.63, 3.8) is 0 Å². The van der Waals surface area contributed by atoms with Crippen LogP contribution in [-0.4, -0.2) is 29.6 Å². The normalized spacial score (nSPS) is 11.3. The van der Waals surface area contributed by atoms with Gasteiger partial charge in [-0.25, -0.2) is 4.98 Å². The largest absolute Gasteiger partial charge is 0.355 e. The van der Waals surface area contributed by atoms with Crippen molar-refractivity contribution in [2.24, 2.45) is 11.8 Å². The number of nitrogens with zero attached hydrogens (tertiary/aromatic N) is 3. The van der Waals surface area contributed by atoms with E-state index >= 15 is 0 Å². The molecule has 0 amide bonds. The molecule has 0 radical (unpaired) electrons. The van der Waals surface area contributed by atoms with Gasteiger partial charge in [-0.1, -0.05) is 34.6 Å². The van der Waals surface area contributed by atoms with Gasteiger partial charge in [-0.3, -0.25) is 4.98 Å². The first-order valence-electron chi connectivity index (χ1n) is 7.29. The Morgan fingerprint density at radius 3 is 2.26 bits per heavy atom. The predicted octanol–water partition coefficient (Wildman–Crippen LogP) is 2.70. The molecule has 1 aromatic heterocycles. The lowest BCUT2D eigenvalue weighted by atomic mass is 10.1. The Labute approximate surface area is 117 Å². The van der Waals surface area contributed by atoms with Crippen LogP contribution in [0.15, 0.2) is 12.4 Å².